The lowest BCUT2D eigenvalue weighted by Crippen LogP contribution is -2.33. The van der Waals surface area contributed by atoms with Gasteiger partial charge in [0.25, 0.3) is 0 Å². The Labute approximate surface area is 126 Å². The van der Waals surface area contributed by atoms with Crippen molar-refractivity contribution in [1.82, 2.24) is 4.72 Å². The molecule has 0 spiro atoms. The van der Waals surface area contributed by atoms with E-state index in [0.717, 1.165) is 19.3 Å². The third-order valence-corrected chi connectivity index (χ3v) is 5.94. The van der Waals surface area contributed by atoms with E-state index in [0.29, 0.717) is 29.8 Å². The first-order chi connectivity index (χ1) is 9.81. The molecule has 2 unspecified atom stereocenters. The summed E-state index contributed by atoms with van der Waals surface area (Å²) in [5, 5.41) is 9.66. The van der Waals surface area contributed by atoms with Crippen LogP contribution in [0.1, 0.15) is 36.8 Å². The SMILES string of the molecule is Cc1ccc(N)c(C)c1S(=O)(=O)NCC1CCCC(O)C1. The van der Waals surface area contributed by atoms with E-state index in [1.807, 2.05) is 0 Å². The van der Waals surface area contributed by atoms with Gasteiger partial charge in [0.05, 0.1) is 11.0 Å². The van der Waals surface area contributed by atoms with Crippen LogP contribution in [0.2, 0.25) is 0 Å². The fourth-order valence-corrected chi connectivity index (χ4v) is 4.62. The first-order valence-corrected chi connectivity index (χ1v) is 8.83. The number of aliphatic hydroxyl groups is 1. The molecule has 0 bridgehead atoms. The van der Waals surface area contributed by atoms with E-state index >= 15 is 0 Å². The van der Waals surface area contributed by atoms with E-state index in [9.17, 15) is 13.5 Å². The Balaban J connectivity index is 2.14. The molecule has 0 aromatic heterocycles. The molecule has 1 saturated carbocycles. The summed E-state index contributed by atoms with van der Waals surface area (Å²) >= 11 is 0. The van der Waals surface area contributed by atoms with Crippen molar-refractivity contribution in [2.24, 2.45) is 5.92 Å². The molecule has 2 atom stereocenters. The molecule has 0 saturated heterocycles. The maximum atomic E-state index is 12.5. The largest absolute Gasteiger partial charge is 0.398 e. The van der Waals surface area contributed by atoms with Gasteiger partial charge in [0.2, 0.25) is 10.0 Å². The van der Waals surface area contributed by atoms with Crippen molar-refractivity contribution in [1.29, 1.82) is 0 Å². The number of nitrogens with two attached hydrogens (primary N) is 1. The quantitative estimate of drug-likeness (QED) is 0.738. The molecule has 1 aliphatic rings. The standard InChI is InChI=1S/C15H24N2O3S/c1-10-6-7-14(16)11(2)15(10)21(19,20)17-9-12-4-3-5-13(18)8-12/h6-7,12-13,17-18H,3-5,8-9,16H2,1-2H3. The summed E-state index contributed by atoms with van der Waals surface area (Å²) in [4.78, 5) is 0.277. The number of benzene rings is 1. The van der Waals surface area contributed by atoms with Crippen LogP contribution in [-0.2, 0) is 10.0 Å². The number of rotatable bonds is 4. The first-order valence-electron chi connectivity index (χ1n) is 7.34. The molecule has 1 fully saturated rings. The number of aryl methyl sites for hydroxylation is 1. The zero-order valence-electron chi connectivity index (χ0n) is 12.6. The predicted octanol–water partition coefficient (Wildman–Crippen LogP) is 1.72. The topological polar surface area (TPSA) is 92.4 Å². The van der Waals surface area contributed by atoms with Gasteiger partial charge in [-0.3, -0.25) is 0 Å². The lowest BCUT2D eigenvalue weighted by Gasteiger charge is -2.26. The van der Waals surface area contributed by atoms with E-state index in [2.05, 4.69) is 4.72 Å². The van der Waals surface area contributed by atoms with Crippen LogP contribution in [0.25, 0.3) is 0 Å². The summed E-state index contributed by atoms with van der Waals surface area (Å²) in [5.41, 5.74) is 7.58. The van der Waals surface area contributed by atoms with Gasteiger partial charge in [-0.1, -0.05) is 12.5 Å². The van der Waals surface area contributed by atoms with Gasteiger partial charge in [-0.15, -0.1) is 0 Å². The van der Waals surface area contributed by atoms with Crippen molar-refractivity contribution in [2.45, 2.75) is 50.5 Å². The highest BCUT2D eigenvalue weighted by Crippen LogP contribution is 2.26. The Morgan fingerprint density at radius 1 is 1.33 bits per heavy atom. The van der Waals surface area contributed by atoms with Gasteiger partial charge in [0, 0.05) is 12.2 Å². The number of nitrogen functional groups attached to an aromatic ring is 1. The average Bonchev–Trinajstić information content (AvgIpc) is 2.41. The Kier molecular flexibility index (Phi) is 4.91. The molecule has 1 aliphatic carbocycles. The second-order valence-electron chi connectivity index (χ2n) is 5.96. The highest BCUT2D eigenvalue weighted by molar-refractivity contribution is 7.89. The fourth-order valence-electron chi connectivity index (χ4n) is 3.00. The van der Waals surface area contributed by atoms with Crippen molar-refractivity contribution in [2.75, 3.05) is 12.3 Å². The molecule has 118 valence electrons. The van der Waals surface area contributed by atoms with Crippen molar-refractivity contribution in [3.63, 3.8) is 0 Å². The summed E-state index contributed by atoms with van der Waals surface area (Å²) in [6, 6.07) is 3.45. The summed E-state index contributed by atoms with van der Waals surface area (Å²) in [6.45, 7) is 3.86. The Hall–Kier alpha value is -1.11. The minimum atomic E-state index is -3.57. The molecule has 0 aliphatic heterocycles. The summed E-state index contributed by atoms with van der Waals surface area (Å²) in [6.07, 6.45) is 3.08. The maximum Gasteiger partial charge on any atom is 0.241 e. The van der Waals surface area contributed by atoms with Crippen LogP contribution in [0.5, 0.6) is 0 Å². The fraction of sp³-hybridized carbons (Fsp3) is 0.600. The van der Waals surface area contributed by atoms with Gasteiger partial charge in [0.1, 0.15) is 0 Å². The third-order valence-electron chi connectivity index (χ3n) is 4.23. The van der Waals surface area contributed by atoms with Crippen molar-refractivity contribution in [3.05, 3.63) is 23.3 Å². The van der Waals surface area contributed by atoms with Gasteiger partial charge in [0.15, 0.2) is 0 Å². The summed E-state index contributed by atoms with van der Waals surface area (Å²) in [5.74, 6) is 0.199. The van der Waals surface area contributed by atoms with Crippen LogP contribution in [0.4, 0.5) is 5.69 Å². The van der Waals surface area contributed by atoms with E-state index in [4.69, 9.17) is 5.73 Å². The number of sulfonamides is 1. The average molecular weight is 312 g/mol. The molecular weight excluding hydrogens is 288 g/mol. The smallest absolute Gasteiger partial charge is 0.241 e. The van der Waals surface area contributed by atoms with Crippen molar-refractivity contribution in [3.8, 4) is 0 Å². The highest BCUT2D eigenvalue weighted by Gasteiger charge is 2.25. The number of anilines is 1. The second-order valence-corrected chi connectivity index (χ2v) is 7.67. The molecule has 5 nitrogen and oxygen atoms in total. The normalized spacial score (nSPS) is 23.2. The van der Waals surface area contributed by atoms with E-state index < -0.39 is 10.0 Å². The highest BCUT2D eigenvalue weighted by atomic mass is 32.2. The van der Waals surface area contributed by atoms with Crippen molar-refractivity contribution < 1.29 is 13.5 Å². The lowest BCUT2D eigenvalue weighted by atomic mass is 9.87. The molecule has 2 rings (SSSR count). The number of hydrogen-bond donors (Lipinski definition) is 3. The summed E-state index contributed by atoms with van der Waals surface area (Å²) in [7, 11) is -3.57. The minimum absolute atomic E-state index is 0.199. The second kappa shape index (κ2) is 6.34. The molecular formula is C15H24N2O3S. The number of hydrogen-bond acceptors (Lipinski definition) is 4. The molecule has 0 heterocycles. The van der Waals surface area contributed by atoms with Gasteiger partial charge in [-0.2, -0.15) is 0 Å². The monoisotopic (exact) mass is 312 g/mol. The maximum absolute atomic E-state index is 12.5. The van der Waals surface area contributed by atoms with E-state index in [1.165, 1.54) is 0 Å². The molecule has 1 aromatic carbocycles. The van der Waals surface area contributed by atoms with Crippen molar-refractivity contribution >= 4 is 15.7 Å². The summed E-state index contributed by atoms with van der Waals surface area (Å²) < 4.78 is 27.7. The van der Waals surface area contributed by atoms with E-state index in [1.54, 1.807) is 26.0 Å². The predicted molar refractivity (Wildman–Crippen MR) is 83.5 cm³/mol. The van der Waals surface area contributed by atoms with Crippen LogP contribution >= 0.6 is 0 Å². The first kappa shape index (κ1) is 16.3. The molecule has 4 N–H and O–H groups in total. The van der Waals surface area contributed by atoms with E-state index in [-0.39, 0.29) is 16.9 Å². The zero-order valence-corrected chi connectivity index (χ0v) is 13.4. The van der Waals surface area contributed by atoms with Gasteiger partial charge >= 0.3 is 0 Å². The number of nitrogens with one attached hydrogen (secondary N) is 1. The van der Waals surface area contributed by atoms with Crippen LogP contribution < -0.4 is 10.5 Å². The van der Waals surface area contributed by atoms with Crippen LogP contribution in [0, 0.1) is 19.8 Å². The lowest BCUT2D eigenvalue weighted by molar-refractivity contribution is 0.102. The van der Waals surface area contributed by atoms with Crippen LogP contribution in [-0.4, -0.2) is 26.2 Å². The number of aliphatic hydroxyl groups excluding tert-OH is 1. The molecule has 21 heavy (non-hydrogen) atoms. The zero-order chi connectivity index (χ0) is 15.6. The Bertz CT molecular complexity index is 614. The molecule has 0 amide bonds. The molecule has 6 heteroatoms. The van der Waals surface area contributed by atoms with Gasteiger partial charge in [-0.25, -0.2) is 13.1 Å². The van der Waals surface area contributed by atoms with Crippen LogP contribution in [0.3, 0.4) is 0 Å². The molecule has 1 aromatic rings. The molecule has 0 radical (unpaired) electrons. The third kappa shape index (κ3) is 3.75. The van der Waals surface area contributed by atoms with Gasteiger partial charge in [-0.05, 0) is 56.2 Å². The minimum Gasteiger partial charge on any atom is -0.398 e. The van der Waals surface area contributed by atoms with Crippen LogP contribution in [0.15, 0.2) is 17.0 Å². The Morgan fingerprint density at radius 2 is 2.05 bits per heavy atom. The Morgan fingerprint density at radius 3 is 2.71 bits per heavy atom. The van der Waals surface area contributed by atoms with Gasteiger partial charge < -0.3 is 10.8 Å².